The molecule has 1 unspecified atom stereocenters. The highest BCUT2D eigenvalue weighted by molar-refractivity contribution is 7.89. The molecule has 0 spiro atoms. The highest BCUT2D eigenvalue weighted by Gasteiger charge is 2.38. The molecule has 0 radical (unpaired) electrons. The molecule has 0 bridgehead atoms. The number of benzene rings is 1. The van der Waals surface area contributed by atoms with Crippen molar-refractivity contribution < 1.29 is 13.3 Å². The third-order valence-electron chi connectivity index (χ3n) is 3.41. The van der Waals surface area contributed by atoms with Gasteiger partial charge in [-0.3, -0.25) is 10.1 Å². The molecule has 1 fully saturated rings. The van der Waals surface area contributed by atoms with Gasteiger partial charge in [0.25, 0.3) is 5.69 Å². The first kappa shape index (κ1) is 17.8. The highest BCUT2D eigenvalue weighted by Crippen LogP contribution is 2.30. The average molecular weight is 336 g/mol. The molecule has 1 aliphatic rings. The van der Waals surface area contributed by atoms with E-state index in [1.165, 1.54) is 28.6 Å². The molecule has 1 aliphatic heterocycles. The molecule has 9 heteroatoms. The average Bonchev–Trinajstić information content (AvgIpc) is 2.88. The van der Waals surface area contributed by atoms with Gasteiger partial charge in [0, 0.05) is 25.2 Å². The predicted octanol–water partition coefficient (Wildman–Crippen LogP) is 1.39. The number of nitro groups is 1. The fourth-order valence-corrected chi connectivity index (χ4v) is 4.37. The molecule has 21 heavy (non-hydrogen) atoms. The lowest BCUT2D eigenvalue weighted by Crippen LogP contribution is -2.40. The third-order valence-corrected chi connectivity index (χ3v) is 5.41. The predicted molar refractivity (Wildman–Crippen MR) is 81.2 cm³/mol. The zero-order valence-corrected chi connectivity index (χ0v) is 13.2. The van der Waals surface area contributed by atoms with Crippen LogP contribution in [0.1, 0.15) is 12.8 Å². The van der Waals surface area contributed by atoms with Gasteiger partial charge in [-0.15, -0.1) is 12.4 Å². The number of nitro benzene ring substituents is 1. The van der Waals surface area contributed by atoms with E-state index in [2.05, 4.69) is 5.32 Å². The lowest BCUT2D eigenvalue weighted by molar-refractivity contribution is -0.387. The number of hydrogen-bond donors (Lipinski definition) is 1. The summed E-state index contributed by atoms with van der Waals surface area (Å²) >= 11 is 0. The second kappa shape index (κ2) is 7.17. The van der Waals surface area contributed by atoms with Crippen molar-refractivity contribution in [3.63, 3.8) is 0 Å². The Bertz CT molecular complexity index is 608. The van der Waals surface area contributed by atoms with Crippen LogP contribution in [0.15, 0.2) is 29.2 Å². The van der Waals surface area contributed by atoms with Crippen LogP contribution in [-0.2, 0) is 10.0 Å². The normalized spacial score (nSPS) is 19.2. The summed E-state index contributed by atoms with van der Waals surface area (Å²) in [6, 6.07) is 5.33. The van der Waals surface area contributed by atoms with Gasteiger partial charge in [-0.05, 0) is 26.0 Å². The lowest BCUT2D eigenvalue weighted by atomic mass is 10.2. The van der Waals surface area contributed by atoms with Crippen LogP contribution in [0.2, 0.25) is 0 Å². The quantitative estimate of drug-likeness (QED) is 0.648. The molecular formula is C12H18ClN3O4S. The summed E-state index contributed by atoms with van der Waals surface area (Å²) in [5.74, 6) is 0. The molecule has 1 heterocycles. The number of rotatable bonds is 5. The summed E-state index contributed by atoms with van der Waals surface area (Å²) in [6.45, 7) is 0.945. The molecule has 118 valence electrons. The van der Waals surface area contributed by atoms with Crippen LogP contribution < -0.4 is 5.32 Å². The van der Waals surface area contributed by atoms with Gasteiger partial charge in [0.1, 0.15) is 0 Å². The van der Waals surface area contributed by atoms with E-state index >= 15 is 0 Å². The zero-order chi connectivity index (χ0) is 14.8. The first-order valence-corrected chi connectivity index (χ1v) is 7.82. The van der Waals surface area contributed by atoms with E-state index in [0.717, 1.165) is 12.8 Å². The second-order valence-electron chi connectivity index (χ2n) is 4.69. The van der Waals surface area contributed by atoms with Crippen molar-refractivity contribution in [2.24, 2.45) is 0 Å². The van der Waals surface area contributed by atoms with E-state index in [1.54, 1.807) is 7.05 Å². The Morgan fingerprint density at radius 1 is 1.43 bits per heavy atom. The van der Waals surface area contributed by atoms with Crippen LogP contribution in [0, 0.1) is 10.1 Å². The van der Waals surface area contributed by atoms with E-state index in [1.807, 2.05) is 0 Å². The molecule has 1 atom stereocenters. The Kier molecular flexibility index (Phi) is 6.09. The number of para-hydroxylation sites is 1. The van der Waals surface area contributed by atoms with Gasteiger partial charge in [0.05, 0.1) is 4.92 Å². The molecule has 1 N–H and O–H groups in total. The number of nitrogens with one attached hydrogen (secondary N) is 1. The van der Waals surface area contributed by atoms with E-state index in [-0.39, 0.29) is 29.0 Å². The minimum absolute atomic E-state index is 0. The van der Waals surface area contributed by atoms with Crippen molar-refractivity contribution in [2.45, 2.75) is 23.8 Å². The molecule has 1 saturated heterocycles. The van der Waals surface area contributed by atoms with Crippen LogP contribution in [0.25, 0.3) is 0 Å². The fraction of sp³-hybridized carbons (Fsp3) is 0.500. The maximum atomic E-state index is 12.6. The summed E-state index contributed by atoms with van der Waals surface area (Å²) in [7, 11) is -2.08. The first-order valence-electron chi connectivity index (χ1n) is 6.38. The Balaban J connectivity index is 0.00000220. The zero-order valence-electron chi connectivity index (χ0n) is 11.6. The topological polar surface area (TPSA) is 92.6 Å². The van der Waals surface area contributed by atoms with Gasteiger partial charge in [-0.25, -0.2) is 8.42 Å². The minimum Gasteiger partial charge on any atom is -0.318 e. The molecule has 2 rings (SSSR count). The number of halogens is 1. The molecule has 1 aromatic carbocycles. The van der Waals surface area contributed by atoms with E-state index in [0.29, 0.717) is 13.1 Å². The fourth-order valence-electron chi connectivity index (χ4n) is 2.52. The third kappa shape index (κ3) is 3.52. The van der Waals surface area contributed by atoms with Gasteiger partial charge < -0.3 is 5.32 Å². The van der Waals surface area contributed by atoms with Crippen molar-refractivity contribution in [3.05, 3.63) is 34.4 Å². The van der Waals surface area contributed by atoms with Gasteiger partial charge in [0.15, 0.2) is 4.90 Å². The largest absolute Gasteiger partial charge is 0.318 e. The molecule has 0 aliphatic carbocycles. The van der Waals surface area contributed by atoms with Crippen LogP contribution in [0.3, 0.4) is 0 Å². The molecule has 0 amide bonds. The number of sulfonamides is 1. The second-order valence-corrected chi connectivity index (χ2v) is 6.55. The first-order chi connectivity index (χ1) is 9.48. The number of hydrogen-bond acceptors (Lipinski definition) is 5. The SMILES string of the molecule is CNCC1CCCN1S(=O)(=O)c1ccccc1[N+](=O)[O-].Cl. The van der Waals surface area contributed by atoms with Crippen molar-refractivity contribution in [2.75, 3.05) is 20.1 Å². The van der Waals surface area contributed by atoms with Crippen LogP contribution in [0.5, 0.6) is 0 Å². The molecule has 0 aromatic heterocycles. The molecule has 7 nitrogen and oxygen atoms in total. The van der Waals surface area contributed by atoms with Crippen molar-refractivity contribution in [1.29, 1.82) is 0 Å². The molecular weight excluding hydrogens is 318 g/mol. The lowest BCUT2D eigenvalue weighted by Gasteiger charge is -2.23. The van der Waals surface area contributed by atoms with Crippen LogP contribution in [0.4, 0.5) is 5.69 Å². The van der Waals surface area contributed by atoms with Crippen LogP contribution >= 0.6 is 12.4 Å². The Morgan fingerprint density at radius 3 is 2.71 bits per heavy atom. The maximum absolute atomic E-state index is 12.6. The van der Waals surface area contributed by atoms with Crippen LogP contribution in [-0.4, -0.2) is 43.8 Å². The van der Waals surface area contributed by atoms with E-state index in [4.69, 9.17) is 0 Å². The highest BCUT2D eigenvalue weighted by atomic mass is 35.5. The Hall–Kier alpha value is -1.22. The van der Waals surface area contributed by atoms with Crippen molar-refractivity contribution in [3.8, 4) is 0 Å². The summed E-state index contributed by atoms with van der Waals surface area (Å²) in [4.78, 5) is 10.1. The van der Waals surface area contributed by atoms with Gasteiger partial charge in [-0.1, -0.05) is 12.1 Å². The monoisotopic (exact) mass is 335 g/mol. The van der Waals surface area contributed by atoms with E-state index in [9.17, 15) is 18.5 Å². The Morgan fingerprint density at radius 2 is 2.10 bits per heavy atom. The number of likely N-dealkylation sites (N-methyl/N-ethyl adjacent to an activating group) is 1. The summed E-state index contributed by atoms with van der Waals surface area (Å²) in [5, 5.41) is 14.0. The maximum Gasteiger partial charge on any atom is 0.289 e. The smallest absolute Gasteiger partial charge is 0.289 e. The molecule has 1 aromatic rings. The van der Waals surface area contributed by atoms with Crippen molar-refractivity contribution in [1.82, 2.24) is 9.62 Å². The van der Waals surface area contributed by atoms with E-state index < -0.39 is 14.9 Å². The van der Waals surface area contributed by atoms with Gasteiger partial charge in [-0.2, -0.15) is 4.31 Å². The standard InChI is InChI=1S/C12H17N3O4S.ClH/c1-13-9-10-5-4-8-14(10)20(18,19)12-7-3-2-6-11(12)15(16)17;/h2-3,6-7,10,13H,4-5,8-9H2,1H3;1H. The summed E-state index contributed by atoms with van der Waals surface area (Å²) in [5.41, 5.74) is -0.373. The summed E-state index contributed by atoms with van der Waals surface area (Å²) in [6.07, 6.45) is 1.53. The minimum atomic E-state index is -3.83. The van der Waals surface area contributed by atoms with Gasteiger partial charge in [0.2, 0.25) is 10.0 Å². The Labute approximate surface area is 129 Å². The van der Waals surface area contributed by atoms with Gasteiger partial charge >= 0.3 is 0 Å². The van der Waals surface area contributed by atoms with Crippen molar-refractivity contribution >= 4 is 28.1 Å². The summed E-state index contributed by atoms with van der Waals surface area (Å²) < 4.78 is 26.6. The molecule has 0 saturated carbocycles. The number of nitrogens with zero attached hydrogens (tertiary/aromatic N) is 2.